The highest BCUT2D eigenvalue weighted by atomic mass is 16.5. The van der Waals surface area contributed by atoms with Crippen molar-refractivity contribution >= 4 is 5.91 Å². The van der Waals surface area contributed by atoms with Crippen molar-refractivity contribution < 1.29 is 19.1 Å². The van der Waals surface area contributed by atoms with E-state index in [1.54, 1.807) is 4.90 Å². The lowest BCUT2D eigenvalue weighted by molar-refractivity contribution is -0.142. The Kier molecular flexibility index (Phi) is 4.83. The van der Waals surface area contributed by atoms with Gasteiger partial charge in [0.15, 0.2) is 0 Å². The Bertz CT molecular complexity index is 454. The highest BCUT2D eigenvalue weighted by Crippen LogP contribution is 2.24. The number of carbonyl (C=O) groups excluding carboxylic acids is 1. The molecule has 1 N–H and O–H groups in total. The molecule has 5 nitrogen and oxygen atoms in total. The van der Waals surface area contributed by atoms with Gasteiger partial charge >= 0.3 is 0 Å². The number of carbonyl (C=O) groups is 1. The molecular formula is C15H23NO4. The second-order valence-electron chi connectivity index (χ2n) is 5.66. The molecule has 1 aliphatic rings. The first-order chi connectivity index (χ1) is 9.47. The Balaban J connectivity index is 1.94. The molecule has 0 aromatic carbocycles. The maximum atomic E-state index is 12.2. The Morgan fingerprint density at radius 3 is 2.85 bits per heavy atom. The van der Waals surface area contributed by atoms with Crippen LogP contribution in [0.1, 0.15) is 37.9 Å². The lowest BCUT2D eigenvalue weighted by Gasteiger charge is -2.32. The minimum absolute atomic E-state index is 0.0252. The van der Waals surface area contributed by atoms with Gasteiger partial charge in [0.1, 0.15) is 17.6 Å². The predicted molar refractivity (Wildman–Crippen MR) is 74.2 cm³/mol. The number of hydrogen-bond donors (Lipinski definition) is 1. The molecule has 5 heteroatoms. The minimum Gasteiger partial charge on any atom is -0.464 e. The fraction of sp³-hybridized carbons (Fsp3) is 0.667. The molecule has 1 fully saturated rings. The van der Waals surface area contributed by atoms with E-state index in [4.69, 9.17) is 9.15 Å². The lowest BCUT2D eigenvalue weighted by Crippen LogP contribution is -2.43. The highest BCUT2D eigenvalue weighted by molar-refractivity contribution is 5.76. The van der Waals surface area contributed by atoms with E-state index >= 15 is 0 Å². The van der Waals surface area contributed by atoms with Gasteiger partial charge in [-0.05, 0) is 25.0 Å². The Morgan fingerprint density at radius 2 is 2.25 bits per heavy atom. The summed E-state index contributed by atoms with van der Waals surface area (Å²) in [5.74, 6) is 1.65. The summed E-state index contributed by atoms with van der Waals surface area (Å²) >= 11 is 0. The van der Waals surface area contributed by atoms with Crippen molar-refractivity contribution in [3.8, 4) is 0 Å². The van der Waals surface area contributed by atoms with Crippen molar-refractivity contribution in [2.75, 3.05) is 19.7 Å². The van der Waals surface area contributed by atoms with E-state index in [9.17, 15) is 9.90 Å². The standard InChI is InChI=1S/C15H23NO4/c1-10(2)12(17)8-15(18)16-6-7-19-14(9-16)13-5-4-11(3)20-13/h4-5,10,12,14,17H,6-9H2,1-3H3. The SMILES string of the molecule is Cc1ccc(C2CN(C(=O)CC(O)C(C)C)CCO2)o1. The molecule has 2 atom stereocenters. The van der Waals surface area contributed by atoms with E-state index in [0.29, 0.717) is 19.7 Å². The third-order valence-electron chi connectivity index (χ3n) is 3.65. The molecule has 1 amide bonds. The summed E-state index contributed by atoms with van der Waals surface area (Å²) in [4.78, 5) is 13.9. The van der Waals surface area contributed by atoms with Gasteiger partial charge < -0.3 is 19.2 Å². The molecular weight excluding hydrogens is 258 g/mol. The number of aliphatic hydroxyl groups is 1. The molecule has 1 saturated heterocycles. The molecule has 0 spiro atoms. The number of hydrogen-bond acceptors (Lipinski definition) is 4. The molecule has 0 bridgehead atoms. The summed E-state index contributed by atoms with van der Waals surface area (Å²) in [5, 5.41) is 9.82. The maximum Gasteiger partial charge on any atom is 0.225 e. The third-order valence-corrected chi connectivity index (χ3v) is 3.65. The van der Waals surface area contributed by atoms with Gasteiger partial charge in [-0.2, -0.15) is 0 Å². The maximum absolute atomic E-state index is 12.2. The Labute approximate surface area is 119 Å². The molecule has 0 aliphatic carbocycles. The minimum atomic E-state index is -0.588. The highest BCUT2D eigenvalue weighted by Gasteiger charge is 2.28. The molecule has 0 radical (unpaired) electrons. The van der Waals surface area contributed by atoms with Gasteiger partial charge in [-0.15, -0.1) is 0 Å². The smallest absolute Gasteiger partial charge is 0.225 e. The molecule has 112 valence electrons. The van der Waals surface area contributed by atoms with E-state index in [2.05, 4.69) is 0 Å². The van der Waals surface area contributed by atoms with E-state index in [1.165, 1.54) is 0 Å². The largest absolute Gasteiger partial charge is 0.464 e. The first-order valence-electron chi connectivity index (χ1n) is 7.11. The summed E-state index contributed by atoms with van der Waals surface area (Å²) < 4.78 is 11.2. The quantitative estimate of drug-likeness (QED) is 0.915. The Hall–Kier alpha value is -1.33. The van der Waals surface area contributed by atoms with Crippen molar-refractivity contribution in [2.45, 2.75) is 39.4 Å². The second kappa shape index (κ2) is 6.41. The van der Waals surface area contributed by atoms with E-state index < -0.39 is 6.10 Å². The molecule has 2 heterocycles. The number of morpholine rings is 1. The van der Waals surface area contributed by atoms with Crippen molar-refractivity contribution in [1.82, 2.24) is 4.90 Å². The molecule has 2 rings (SSSR count). The number of aliphatic hydroxyl groups excluding tert-OH is 1. The first-order valence-corrected chi connectivity index (χ1v) is 7.11. The summed E-state index contributed by atoms with van der Waals surface area (Å²) in [6.45, 7) is 7.25. The van der Waals surface area contributed by atoms with Crippen molar-refractivity contribution in [3.05, 3.63) is 23.7 Å². The fourth-order valence-corrected chi connectivity index (χ4v) is 2.22. The fourth-order valence-electron chi connectivity index (χ4n) is 2.22. The van der Waals surface area contributed by atoms with E-state index in [-0.39, 0.29) is 24.3 Å². The average Bonchev–Trinajstić information content (AvgIpc) is 2.85. The number of ether oxygens (including phenoxy) is 1. The second-order valence-corrected chi connectivity index (χ2v) is 5.66. The summed E-state index contributed by atoms with van der Waals surface area (Å²) in [6.07, 6.45) is -0.631. The molecule has 1 aromatic heterocycles. The van der Waals surface area contributed by atoms with Crippen LogP contribution in [0.2, 0.25) is 0 Å². The topological polar surface area (TPSA) is 62.9 Å². The van der Waals surface area contributed by atoms with Crippen LogP contribution in [0.4, 0.5) is 0 Å². The van der Waals surface area contributed by atoms with Crippen LogP contribution < -0.4 is 0 Å². The number of rotatable bonds is 4. The zero-order chi connectivity index (χ0) is 14.7. The van der Waals surface area contributed by atoms with Crippen LogP contribution in [0.3, 0.4) is 0 Å². The van der Waals surface area contributed by atoms with E-state index in [0.717, 1.165) is 11.5 Å². The summed E-state index contributed by atoms with van der Waals surface area (Å²) in [7, 11) is 0. The van der Waals surface area contributed by atoms with Gasteiger partial charge in [0, 0.05) is 6.54 Å². The van der Waals surface area contributed by atoms with Crippen LogP contribution in [0.25, 0.3) is 0 Å². The predicted octanol–water partition coefficient (Wildman–Crippen LogP) is 1.89. The molecule has 1 aliphatic heterocycles. The summed E-state index contributed by atoms with van der Waals surface area (Å²) in [6, 6.07) is 3.78. The van der Waals surface area contributed by atoms with Crippen LogP contribution in [0, 0.1) is 12.8 Å². The zero-order valence-electron chi connectivity index (χ0n) is 12.3. The summed E-state index contributed by atoms with van der Waals surface area (Å²) in [5.41, 5.74) is 0. The van der Waals surface area contributed by atoms with Crippen molar-refractivity contribution in [2.24, 2.45) is 5.92 Å². The van der Waals surface area contributed by atoms with Crippen LogP contribution in [0.5, 0.6) is 0 Å². The molecule has 2 unspecified atom stereocenters. The van der Waals surface area contributed by atoms with Crippen LogP contribution in [0.15, 0.2) is 16.5 Å². The van der Waals surface area contributed by atoms with Crippen LogP contribution in [-0.4, -0.2) is 41.7 Å². The normalized spacial score (nSPS) is 21.2. The monoisotopic (exact) mass is 281 g/mol. The van der Waals surface area contributed by atoms with Gasteiger partial charge in [-0.3, -0.25) is 4.79 Å². The van der Waals surface area contributed by atoms with Gasteiger partial charge in [0.25, 0.3) is 0 Å². The van der Waals surface area contributed by atoms with Crippen molar-refractivity contribution in [1.29, 1.82) is 0 Å². The van der Waals surface area contributed by atoms with Gasteiger partial charge in [-0.1, -0.05) is 13.8 Å². The Morgan fingerprint density at radius 1 is 1.50 bits per heavy atom. The molecule has 1 aromatic rings. The number of furan rings is 1. The number of aryl methyl sites for hydroxylation is 1. The molecule has 0 saturated carbocycles. The number of amides is 1. The van der Waals surface area contributed by atoms with E-state index in [1.807, 2.05) is 32.9 Å². The van der Waals surface area contributed by atoms with Crippen molar-refractivity contribution in [3.63, 3.8) is 0 Å². The average molecular weight is 281 g/mol. The molecule has 20 heavy (non-hydrogen) atoms. The van der Waals surface area contributed by atoms with Gasteiger partial charge in [-0.25, -0.2) is 0 Å². The van der Waals surface area contributed by atoms with Gasteiger partial charge in [0.2, 0.25) is 5.91 Å². The van der Waals surface area contributed by atoms with Gasteiger partial charge in [0.05, 0.1) is 25.7 Å². The third kappa shape index (κ3) is 3.61. The van der Waals surface area contributed by atoms with Crippen LogP contribution >= 0.6 is 0 Å². The van der Waals surface area contributed by atoms with Crippen LogP contribution in [-0.2, 0) is 9.53 Å². The first kappa shape index (κ1) is 15.1. The lowest BCUT2D eigenvalue weighted by atomic mass is 10.0. The zero-order valence-corrected chi connectivity index (χ0v) is 12.3. The number of nitrogens with zero attached hydrogens (tertiary/aromatic N) is 1.